The van der Waals surface area contributed by atoms with Gasteiger partial charge in [-0.3, -0.25) is 4.79 Å². The second-order valence-electron chi connectivity index (χ2n) is 4.54. The lowest BCUT2D eigenvalue weighted by Gasteiger charge is -2.21. The van der Waals surface area contributed by atoms with Crippen molar-refractivity contribution in [1.29, 1.82) is 0 Å². The Labute approximate surface area is 117 Å². The first kappa shape index (κ1) is 14.0. The Kier molecular flexibility index (Phi) is 3.36. The Morgan fingerprint density at radius 1 is 1.32 bits per heavy atom. The molecule has 7 heteroatoms. The molecule has 0 bridgehead atoms. The summed E-state index contributed by atoms with van der Waals surface area (Å²) in [4.78, 5) is 11.7. The zero-order valence-electron chi connectivity index (χ0n) is 10.8. The zero-order valence-corrected chi connectivity index (χ0v) is 12.4. The van der Waals surface area contributed by atoms with E-state index in [0.29, 0.717) is 5.56 Å². The molecular weight excluding hydrogens is 284 g/mol. The lowest BCUT2D eigenvalue weighted by atomic mass is 10.2. The Balaban J connectivity index is 2.57. The predicted octanol–water partition coefficient (Wildman–Crippen LogP) is 1.10. The van der Waals surface area contributed by atoms with Gasteiger partial charge < -0.3 is 5.32 Å². The Morgan fingerprint density at radius 3 is 2.47 bits per heavy atom. The molecule has 1 heterocycles. The minimum Gasteiger partial charge on any atom is -0.300 e. The van der Waals surface area contributed by atoms with Gasteiger partial charge in [0.25, 0.3) is 10.0 Å². The van der Waals surface area contributed by atoms with Crippen LogP contribution in [0, 0.1) is 13.8 Å². The van der Waals surface area contributed by atoms with E-state index in [9.17, 15) is 13.2 Å². The van der Waals surface area contributed by atoms with Crippen LogP contribution < -0.4 is 5.32 Å². The average molecular weight is 298 g/mol. The fourth-order valence-electron chi connectivity index (χ4n) is 1.96. The number of rotatable bonds is 2. The summed E-state index contributed by atoms with van der Waals surface area (Å²) in [5.74, 6) is -0.404. The van der Waals surface area contributed by atoms with Gasteiger partial charge in [0.2, 0.25) is 5.91 Å². The highest BCUT2D eigenvalue weighted by atomic mass is 32.2. The fourth-order valence-corrected chi connectivity index (χ4v) is 4.31. The fraction of sp³-hybridized carbons (Fsp3) is 0.333. The van der Waals surface area contributed by atoms with Gasteiger partial charge in [-0.25, -0.2) is 12.7 Å². The van der Waals surface area contributed by atoms with E-state index in [2.05, 4.69) is 5.32 Å². The highest BCUT2D eigenvalue weighted by Gasteiger charge is 2.41. The SMILES string of the molecule is Cc1ccc(C)c(S(=O)(=O)N2C(=S)NC(=O)[C@H]2C)c1. The van der Waals surface area contributed by atoms with Gasteiger partial charge in [0, 0.05) is 0 Å². The monoisotopic (exact) mass is 298 g/mol. The summed E-state index contributed by atoms with van der Waals surface area (Å²) in [5, 5.41) is 2.29. The Hall–Kier alpha value is -1.47. The molecule has 1 N–H and O–H groups in total. The number of benzene rings is 1. The second kappa shape index (κ2) is 4.57. The minimum absolute atomic E-state index is 0.0709. The molecule has 1 aliphatic rings. The lowest BCUT2D eigenvalue weighted by molar-refractivity contribution is -0.120. The van der Waals surface area contributed by atoms with Crippen molar-refractivity contribution >= 4 is 33.3 Å². The molecule has 1 aromatic carbocycles. The van der Waals surface area contributed by atoms with E-state index in [0.717, 1.165) is 9.87 Å². The number of thiocarbonyl (C=S) groups is 1. The van der Waals surface area contributed by atoms with Crippen LogP contribution in [-0.2, 0) is 14.8 Å². The van der Waals surface area contributed by atoms with Gasteiger partial charge in [0.1, 0.15) is 6.04 Å². The molecule has 2 rings (SSSR count). The molecule has 0 radical (unpaired) electrons. The predicted molar refractivity (Wildman–Crippen MR) is 75.1 cm³/mol. The van der Waals surface area contributed by atoms with Crippen molar-refractivity contribution in [3.05, 3.63) is 29.3 Å². The molecule has 0 unspecified atom stereocenters. The van der Waals surface area contributed by atoms with Crippen LogP contribution in [0.1, 0.15) is 18.1 Å². The van der Waals surface area contributed by atoms with E-state index in [1.54, 1.807) is 19.1 Å². The number of amides is 1. The van der Waals surface area contributed by atoms with Crippen LogP contribution in [0.5, 0.6) is 0 Å². The zero-order chi connectivity index (χ0) is 14.4. The van der Waals surface area contributed by atoms with Gasteiger partial charge in [-0.15, -0.1) is 0 Å². The molecule has 1 fully saturated rings. The van der Waals surface area contributed by atoms with E-state index < -0.39 is 22.0 Å². The maximum atomic E-state index is 12.6. The van der Waals surface area contributed by atoms with Crippen molar-refractivity contribution < 1.29 is 13.2 Å². The molecule has 0 aromatic heterocycles. The lowest BCUT2D eigenvalue weighted by Crippen LogP contribution is -2.38. The molecule has 0 aliphatic carbocycles. The number of carbonyl (C=O) groups is 1. The van der Waals surface area contributed by atoms with Crippen LogP contribution in [-0.4, -0.2) is 29.8 Å². The largest absolute Gasteiger partial charge is 0.300 e. The third-order valence-electron chi connectivity index (χ3n) is 3.04. The molecule has 1 aromatic rings. The smallest absolute Gasteiger partial charge is 0.267 e. The summed E-state index contributed by atoms with van der Waals surface area (Å²) in [6, 6.07) is 4.34. The molecular formula is C12H14N2O3S2. The van der Waals surface area contributed by atoms with E-state index in [4.69, 9.17) is 12.2 Å². The summed E-state index contributed by atoms with van der Waals surface area (Å²) in [6.45, 7) is 5.04. The van der Waals surface area contributed by atoms with Gasteiger partial charge in [-0.1, -0.05) is 12.1 Å². The maximum absolute atomic E-state index is 12.6. The van der Waals surface area contributed by atoms with Crippen molar-refractivity contribution in [1.82, 2.24) is 9.62 Å². The third kappa shape index (κ3) is 2.23. The van der Waals surface area contributed by atoms with Gasteiger partial charge in [-0.05, 0) is 50.2 Å². The number of aryl methyl sites for hydroxylation is 2. The molecule has 0 spiro atoms. The van der Waals surface area contributed by atoms with Crippen LogP contribution in [0.3, 0.4) is 0 Å². The van der Waals surface area contributed by atoms with Crippen molar-refractivity contribution in [2.45, 2.75) is 31.7 Å². The van der Waals surface area contributed by atoms with Crippen molar-refractivity contribution in [2.75, 3.05) is 0 Å². The van der Waals surface area contributed by atoms with Crippen LogP contribution in [0.2, 0.25) is 0 Å². The van der Waals surface area contributed by atoms with Crippen molar-refractivity contribution in [3.8, 4) is 0 Å². The highest BCUT2D eigenvalue weighted by molar-refractivity contribution is 7.91. The molecule has 19 heavy (non-hydrogen) atoms. The van der Waals surface area contributed by atoms with E-state index in [1.165, 1.54) is 6.92 Å². The number of nitrogens with one attached hydrogen (secondary N) is 1. The minimum atomic E-state index is -3.81. The summed E-state index contributed by atoms with van der Waals surface area (Å²) < 4.78 is 26.2. The van der Waals surface area contributed by atoms with Crippen LogP contribution >= 0.6 is 12.2 Å². The van der Waals surface area contributed by atoms with Gasteiger partial charge >= 0.3 is 0 Å². The third-order valence-corrected chi connectivity index (χ3v) is 5.47. The Morgan fingerprint density at radius 2 is 1.95 bits per heavy atom. The number of carbonyl (C=O) groups excluding carboxylic acids is 1. The first-order valence-electron chi connectivity index (χ1n) is 5.71. The maximum Gasteiger partial charge on any atom is 0.267 e. The molecule has 1 saturated heterocycles. The van der Waals surface area contributed by atoms with Crippen molar-refractivity contribution in [2.24, 2.45) is 0 Å². The first-order valence-corrected chi connectivity index (χ1v) is 7.56. The van der Waals surface area contributed by atoms with Crippen LogP contribution in [0.25, 0.3) is 0 Å². The van der Waals surface area contributed by atoms with Crippen LogP contribution in [0.4, 0.5) is 0 Å². The number of sulfonamides is 1. The highest BCUT2D eigenvalue weighted by Crippen LogP contribution is 2.25. The molecule has 0 saturated carbocycles. The summed E-state index contributed by atoms with van der Waals surface area (Å²) in [5.41, 5.74) is 1.46. The molecule has 102 valence electrons. The number of nitrogens with zero attached hydrogens (tertiary/aromatic N) is 1. The van der Waals surface area contributed by atoms with Crippen LogP contribution in [0.15, 0.2) is 23.1 Å². The average Bonchev–Trinajstić information content (AvgIpc) is 2.56. The topological polar surface area (TPSA) is 66.5 Å². The first-order chi connectivity index (χ1) is 8.75. The molecule has 1 aliphatic heterocycles. The van der Waals surface area contributed by atoms with Gasteiger partial charge in [0.05, 0.1) is 4.90 Å². The summed E-state index contributed by atoms with van der Waals surface area (Å²) in [7, 11) is -3.81. The Bertz CT molecular complexity index is 668. The summed E-state index contributed by atoms with van der Waals surface area (Å²) >= 11 is 4.93. The normalized spacial score (nSPS) is 19.7. The molecule has 5 nitrogen and oxygen atoms in total. The second-order valence-corrected chi connectivity index (χ2v) is 6.71. The standard InChI is InChI=1S/C12H14N2O3S2/c1-7-4-5-8(2)10(6-7)19(16,17)14-9(3)11(15)13-12(14)18/h4-6,9H,1-3H3,(H,13,15,18)/t9-/m1/s1. The molecule has 1 amide bonds. The van der Waals surface area contributed by atoms with Gasteiger partial charge in [0.15, 0.2) is 5.11 Å². The summed E-state index contributed by atoms with van der Waals surface area (Å²) in [6.07, 6.45) is 0. The van der Waals surface area contributed by atoms with Crippen molar-refractivity contribution in [3.63, 3.8) is 0 Å². The van der Waals surface area contributed by atoms with Gasteiger partial charge in [-0.2, -0.15) is 0 Å². The van der Waals surface area contributed by atoms with E-state index in [1.807, 2.05) is 13.0 Å². The van der Waals surface area contributed by atoms with E-state index in [-0.39, 0.29) is 10.0 Å². The number of hydrogen-bond acceptors (Lipinski definition) is 4. The van der Waals surface area contributed by atoms with E-state index >= 15 is 0 Å². The number of hydrogen-bond donors (Lipinski definition) is 1. The quantitative estimate of drug-likeness (QED) is 0.830. The molecule has 1 atom stereocenters.